The van der Waals surface area contributed by atoms with Crippen molar-refractivity contribution in [2.75, 3.05) is 0 Å². The molecule has 134 valence electrons. The summed E-state index contributed by atoms with van der Waals surface area (Å²) in [6, 6.07) is 1.95. The Morgan fingerprint density at radius 3 is 2.17 bits per heavy atom. The quantitative estimate of drug-likeness (QED) is 0.827. The molecule has 24 heavy (non-hydrogen) atoms. The summed E-state index contributed by atoms with van der Waals surface area (Å²) in [6.45, 7) is 14.7. The van der Waals surface area contributed by atoms with Crippen LogP contribution in [0.4, 0.5) is 0 Å². The van der Waals surface area contributed by atoms with E-state index in [0.717, 1.165) is 22.3 Å². The molecule has 0 aliphatic rings. The highest BCUT2D eigenvalue weighted by molar-refractivity contribution is 7.85. The van der Waals surface area contributed by atoms with Crippen molar-refractivity contribution in [2.45, 2.75) is 71.9 Å². The zero-order chi connectivity index (χ0) is 18.8. The molecule has 0 radical (unpaired) electrons. The van der Waals surface area contributed by atoms with Crippen molar-refractivity contribution >= 4 is 22.5 Å². The lowest BCUT2D eigenvalue weighted by Crippen LogP contribution is -2.46. The lowest BCUT2D eigenvalue weighted by Gasteiger charge is -2.23. The second-order valence-electron chi connectivity index (χ2n) is 7.45. The molecule has 0 aliphatic carbocycles. The van der Waals surface area contributed by atoms with Crippen LogP contribution < -0.4 is 5.32 Å². The average molecular weight is 352 g/mol. The summed E-state index contributed by atoms with van der Waals surface area (Å²) in [7, 11) is -1.35. The average Bonchev–Trinajstić information content (AvgIpc) is 2.39. The minimum atomic E-state index is -1.35. The first-order chi connectivity index (χ1) is 10.8. The van der Waals surface area contributed by atoms with E-state index in [4.69, 9.17) is 0 Å². The van der Waals surface area contributed by atoms with Gasteiger partial charge in [-0.05, 0) is 77.6 Å². The number of nitrogens with one attached hydrogen (secondary N) is 1. The highest BCUT2D eigenvalue weighted by atomic mass is 32.2. The van der Waals surface area contributed by atoms with Crippen LogP contribution in [-0.2, 0) is 21.3 Å². The van der Waals surface area contributed by atoms with Crippen molar-refractivity contribution in [3.05, 3.63) is 33.9 Å². The van der Waals surface area contributed by atoms with Gasteiger partial charge in [-0.15, -0.1) is 0 Å². The lowest BCUT2D eigenvalue weighted by molar-refractivity contribution is -0.121. The van der Waals surface area contributed by atoms with Crippen molar-refractivity contribution in [3.8, 4) is 0 Å². The lowest BCUT2D eigenvalue weighted by atomic mass is 9.92. The zero-order valence-electron chi connectivity index (χ0n) is 16.0. The van der Waals surface area contributed by atoms with Gasteiger partial charge in [-0.25, -0.2) is 0 Å². The summed E-state index contributed by atoms with van der Waals surface area (Å²) >= 11 is 0. The van der Waals surface area contributed by atoms with E-state index in [1.165, 1.54) is 0 Å². The Balaban J connectivity index is 3.09. The highest BCUT2D eigenvalue weighted by Gasteiger charge is 2.25. The second-order valence-corrected chi connectivity index (χ2v) is 9.21. The van der Waals surface area contributed by atoms with Crippen LogP contribution in [0.1, 0.15) is 67.2 Å². The van der Waals surface area contributed by atoms with E-state index < -0.39 is 16.0 Å². The summed E-state index contributed by atoms with van der Waals surface area (Å²) in [5.74, 6) is 0.0716. The topological polar surface area (TPSA) is 63.2 Å². The number of ketones is 1. The Morgan fingerprint density at radius 2 is 1.71 bits per heavy atom. The van der Waals surface area contributed by atoms with E-state index in [0.29, 0.717) is 5.56 Å². The minimum absolute atomic E-state index is 0.00977. The van der Waals surface area contributed by atoms with Gasteiger partial charge in [0.2, 0.25) is 5.91 Å². The first-order valence-electron chi connectivity index (χ1n) is 8.15. The van der Waals surface area contributed by atoms with Gasteiger partial charge in [-0.1, -0.05) is 6.07 Å². The molecular formula is C19H29NO3S. The van der Waals surface area contributed by atoms with E-state index in [-0.39, 0.29) is 23.0 Å². The molecule has 2 atom stereocenters. The summed E-state index contributed by atoms with van der Waals surface area (Å²) in [6.07, 6.45) is 0. The predicted molar refractivity (Wildman–Crippen MR) is 99.9 cm³/mol. The molecule has 0 aliphatic heterocycles. The fourth-order valence-electron chi connectivity index (χ4n) is 2.85. The zero-order valence-corrected chi connectivity index (χ0v) is 16.8. The predicted octanol–water partition coefficient (Wildman–Crippen LogP) is 3.37. The van der Waals surface area contributed by atoms with E-state index in [1.54, 1.807) is 13.8 Å². The molecule has 0 heterocycles. The summed E-state index contributed by atoms with van der Waals surface area (Å²) in [4.78, 5) is 24.1. The highest BCUT2D eigenvalue weighted by Crippen LogP contribution is 2.25. The number of rotatable bonds is 5. The van der Waals surface area contributed by atoms with Gasteiger partial charge in [-0.2, -0.15) is 0 Å². The van der Waals surface area contributed by atoms with Crippen LogP contribution in [0, 0.1) is 20.8 Å². The summed E-state index contributed by atoms with van der Waals surface area (Å²) in [5.41, 5.74) is 4.06. The first-order valence-corrected chi connectivity index (χ1v) is 9.53. The van der Waals surface area contributed by atoms with E-state index >= 15 is 0 Å². The van der Waals surface area contributed by atoms with Crippen LogP contribution in [0.15, 0.2) is 6.07 Å². The largest absolute Gasteiger partial charge is 0.350 e. The third kappa shape index (κ3) is 5.00. The number of amides is 1. The molecule has 0 saturated heterocycles. The molecule has 4 nitrogen and oxygen atoms in total. The molecule has 1 aromatic carbocycles. The minimum Gasteiger partial charge on any atom is -0.350 e. The molecule has 0 bridgehead atoms. The number of hydrogen-bond donors (Lipinski definition) is 1. The van der Waals surface area contributed by atoms with Crippen LogP contribution >= 0.6 is 0 Å². The van der Waals surface area contributed by atoms with Gasteiger partial charge in [0.25, 0.3) is 0 Å². The smallest absolute Gasteiger partial charge is 0.235 e. The molecule has 5 heteroatoms. The molecule has 1 amide bonds. The summed E-state index contributed by atoms with van der Waals surface area (Å²) in [5, 5.41) is 2.26. The third-order valence-corrected chi connectivity index (χ3v) is 5.61. The van der Waals surface area contributed by atoms with Crippen LogP contribution in [0.25, 0.3) is 0 Å². The van der Waals surface area contributed by atoms with Gasteiger partial charge in [0.05, 0.1) is 0 Å². The first kappa shape index (κ1) is 20.6. The Labute approximate surface area is 147 Å². The Bertz CT molecular complexity index is 687. The molecular weight excluding hydrogens is 322 g/mol. The maximum absolute atomic E-state index is 12.7. The molecule has 1 aromatic rings. The number of hydrogen-bond acceptors (Lipinski definition) is 3. The molecule has 0 spiro atoms. The number of carbonyl (C=O) groups excluding carboxylic acids is 2. The Kier molecular flexibility index (Phi) is 6.51. The molecule has 0 aromatic heterocycles. The number of Topliss-reactive ketones (excluding diaryl/α,β-unsaturated/α-hetero) is 1. The Hall–Kier alpha value is -1.49. The van der Waals surface area contributed by atoms with Crippen LogP contribution in [0.2, 0.25) is 0 Å². The monoisotopic (exact) mass is 351 g/mol. The van der Waals surface area contributed by atoms with E-state index in [1.807, 2.05) is 47.6 Å². The van der Waals surface area contributed by atoms with Gasteiger partial charge < -0.3 is 5.32 Å². The van der Waals surface area contributed by atoms with Crippen molar-refractivity contribution in [3.63, 3.8) is 0 Å². The molecule has 1 rings (SSSR count). The number of benzene rings is 1. The number of carbonyl (C=O) groups is 2. The fourth-order valence-corrected chi connectivity index (χ4v) is 4.12. The van der Waals surface area contributed by atoms with E-state index in [9.17, 15) is 13.8 Å². The fraction of sp³-hybridized carbons (Fsp3) is 0.579. The van der Waals surface area contributed by atoms with Crippen molar-refractivity contribution in [2.24, 2.45) is 0 Å². The standard InChI is InChI=1S/C19H29NO3S/c1-11-9-12(2)17(14(4)21)13(3)16(11)10-24(23)15(5)18(22)20-19(6,7)8/h9,15H,10H2,1-8H3,(H,20,22)/t15-,24+/m0/s1. The van der Waals surface area contributed by atoms with Gasteiger partial charge in [-0.3, -0.25) is 13.8 Å². The Morgan fingerprint density at radius 1 is 1.17 bits per heavy atom. The molecule has 0 saturated carbocycles. The van der Waals surface area contributed by atoms with Gasteiger partial charge in [0, 0.05) is 27.7 Å². The normalized spacial score (nSPS) is 14.2. The summed E-state index contributed by atoms with van der Waals surface area (Å²) < 4.78 is 12.7. The van der Waals surface area contributed by atoms with Gasteiger partial charge in [0.15, 0.2) is 5.78 Å². The van der Waals surface area contributed by atoms with Crippen LogP contribution in [0.3, 0.4) is 0 Å². The van der Waals surface area contributed by atoms with E-state index in [2.05, 4.69) is 5.32 Å². The number of aryl methyl sites for hydroxylation is 2. The van der Waals surface area contributed by atoms with Gasteiger partial charge >= 0.3 is 0 Å². The van der Waals surface area contributed by atoms with Gasteiger partial charge in [0.1, 0.15) is 5.25 Å². The maximum atomic E-state index is 12.7. The van der Waals surface area contributed by atoms with Crippen molar-refractivity contribution < 1.29 is 13.8 Å². The third-order valence-electron chi connectivity index (χ3n) is 4.03. The van der Waals surface area contributed by atoms with Crippen molar-refractivity contribution in [1.29, 1.82) is 0 Å². The van der Waals surface area contributed by atoms with Crippen LogP contribution in [-0.4, -0.2) is 26.7 Å². The maximum Gasteiger partial charge on any atom is 0.235 e. The van der Waals surface area contributed by atoms with Crippen molar-refractivity contribution in [1.82, 2.24) is 5.32 Å². The second kappa shape index (κ2) is 7.60. The van der Waals surface area contributed by atoms with Crippen LogP contribution in [0.5, 0.6) is 0 Å². The molecule has 1 N–H and O–H groups in total. The SMILES string of the molecule is CC(=O)c1c(C)cc(C)c(C[S@@](=O)[C@@H](C)C(=O)NC(C)(C)C)c1C. The molecule has 0 fully saturated rings. The molecule has 0 unspecified atom stereocenters.